The van der Waals surface area contributed by atoms with E-state index in [9.17, 15) is 13.2 Å². The molecule has 0 aromatic rings. The van der Waals surface area contributed by atoms with Crippen LogP contribution in [0.4, 0.5) is 0 Å². The normalized spacial score (nSPS) is 11.7. The zero-order valence-electron chi connectivity index (χ0n) is 7.99. The molecule has 0 aromatic carbocycles. The Kier molecular flexibility index (Phi) is 7.28. The zero-order chi connectivity index (χ0) is 10.7. The fourth-order valence-electron chi connectivity index (χ4n) is 0.958. The second-order valence-corrected chi connectivity index (χ2v) is 4.96. The van der Waals surface area contributed by atoms with E-state index in [-0.39, 0.29) is 41.9 Å². The van der Waals surface area contributed by atoms with Gasteiger partial charge in [0.05, 0.1) is 11.3 Å². The third kappa shape index (κ3) is 8.96. The predicted molar refractivity (Wildman–Crippen MR) is 56.1 cm³/mol. The van der Waals surface area contributed by atoms with Gasteiger partial charge < -0.3 is 5.32 Å². The van der Waals surface area contributed by atoms with E-state index >= 15 is 0 Å². The van der Waals surface area contributed by atoms with Crippen molar-refractivity contribution >= 4 is 45.6 Å². The maximum absolute atomic E-state index is 10.9. The Labute approximate surface area is 107 Å². The van der Waals surface area contributed by atoms with Crippen molar-refractivity contribution in [3.05, 3.63) is 0 Å². The molecule has 0 aliphatic rings. The topological polar surface area (TPSA) is 83.5 Å². The summed E-state index contributed by atoms with van der Waals surface area (Å²) in [7, 11) is -4.05. The molecule has 1 amide bonds. The van der Waals surface area contributed by atoms with Gasteiger partial charge in [0.25, 0.3) is 10.1 Å². The summed E-state index contributed by atoms with van der Waals surface area (Å²) in [6.45, 7) is 4.74. The SMILES string of the molecule is CCC(=O)NC(C)(C)CS(=O)(=O)O.[NaH]. The second kappa shape index (κ2) is 6.07. The van der Waals surface area contributed by atoms with Gasteiger partial charge in [0, 0.05) is 6.42 Å². The van der Waals surface area contributed by atoms with Gasteiger partial charge in [-0.25, -0.2) is 0 Å². The van der Waals surface area contributed by atoms with Gasteiger partial charge in [-0.1, -0.05) is 6.92 Å². The Hall–Kier alpha value is 0.380. The molecule has 0 rings (SSSR count). The van der Waals surface area contributed by atoms with E-state index in [0.717, 1.165) is 0 Å². The van der Waals surface area contributed by atoms with Gasteiger partial charge in [-0.15, -0.1) is 0 Å². The van der Waals surface area contributed by atoms with Crippen molar-refractivity contribution in [2.45, 2.75) is 32.7 Å². The van der Waals surface area contributed by atoms with E-state index in [1.54, 1.807) is 6.92 Å². The molecule has 14 heavy (non-hydrogen) atoms. The summed E-state index contributed by atoms with van der Waals surface area (Å²) in [4.78, 5) is 10.9. The van der Waals surface area contributed by atoms with E-state index in [1.165, 1.54) is 13.8 Å². The Bertz CT molecular complexity index is 286. The summed E-state index contributed by atoms with van der Waals surface area (Å²) < 4.78 is 29.6. The summed E-state index contributed by atoms with van der Waals surface area (Å²) >= 11 is 0. The molecule has 0 aromatic heterocycles. The predicted octanol–water partition coefficient (Wildman–Crippen LogP) is -0.469. The van der Waals surface area contributed by atoms with Gasteiger partial charge >= 0.3 is 29.6 Å². The monoisotopic (exact) mass is 233 g/mol. The molecule has 0 bridgehead atoms. The Morgan fingerprint density at radius 2 is 1.86 bits per heavy atom. The van der Waals surface area contributed by atoms with Crippen LogP contribution in [0.1, 0.15) is 27.2 Å². The van der Waals surface area contributed by atoms with Gasteiger partial charge in [-0.3, -0.25) is 9.35 Å². The van der Waals surface area contributed by atoms with Crippen molar-refractivity contribution in [3.63, 3.8) is 0 Å². The van der Waals surface area contributed by atoms with Gasteiger partial charge in [-0.2, -0.15) is 8.42 Å². The molecule has 0 saturated heterocycles. The number of carbonyl (C=O) groups excluding carboxylic acids is 1. The fourth-order valence-corrected chi connectivity index (χ4v) is 1.94. The number of carbonyl (C=O) groups is 1. The number of hydrogen-bond donors (Lipinski definition) is 2. The molecular weight excluding hydrogens is 217 g/mol. The van der Waals surface area contributed by atoms with E-state index in [0.29, 0.717) is 0 Å². The molecule has 0 saturated carbocycles. The van der Waals surface area contributed by atoms with E-state index in [1.807, 2.05) is 0 Å². The third-order valence-corrected chi connectivity index (χ3v) is 2.43. The van der Waals surface area contributed by atoms with Crippen LogP contribution in [0.2, 0.25) is 0 Å². The van der Waals surface area contributed by atoms with Gasteiger partial charge in [0.1, 0.15) is 0 Å². The van der Waals surface area contributed by atoms with Crippen LogP contribution in [-0.4, -0.2) is 59.7 Å². The van der Waals surface area contributed by atoms with Gasteiger partial charge in [-0.05, 0) is 13.8 Å². The van der Waals surface area contributed by atoms with Crippen LogP contribution >= 0.6 is 0 Å². The Morgan fingerprint density at radius 1 is 1.43 bits per heavy atom. The summed E-state index contributed by atoms with van der Waals surface area (Å²) in [6.07, 6.45) is 0.287. The first-order chi connectivity index (χ1) is 5.66. The number of rotatable bonds is 4. The molecule has 0 unspecified atom stereocenters. The first kappa shape index (κ1) is 16.8. The number of amides is 1. The molecule has 80 valence electrons. The molecule has 0 spiro atoms. The molecule has 2 N–H and O–H groups in total. The van der Waals surface area contributed by atoms with Crippen LogP contribution in [0.15, 0.2) is 0 Å². The first-order valence-electron chi connectivity index (χ1n) is 3.92. The van der Waals surface area contributed by atoms with Crippen LogP contribution < -0.4 is 5.32 Å². The molecule has 0 radical (unpaired) electrons. The summed E-state index contributed by atoms with van der Waals surface area (Å²) in [5.41, 5.74) is -0.930. The molecule has 7 heteroatoms. The average Bonchev–Trinajstić information content (AvgIpc) is 1.80. The summed E-state index contributed by atoms with van der Waals surface area (Å²) in [5, 5.41) is 2.48. The molecule has 0 aliphatic heterocycles. The zero-order valence-corrected chi connectivity index (χ0v) is 8.81. The summed E-state index contributed by atoms with van der Waals surface area (Å²) in [5.74, 6) is -0.722. The standard InChI is InChI=1S/C7H15NO4S.Na.H/c1-4-6(9)8-7(2,3)5-13(10,11)12;;/h4-5H2,1-3H3,(H,8,9)(H,10,11,12);;. The Morgan fingerprint density at radius 3 is 2.14 bits per heavy atom. The molecule has 0 fully saturated rings. The van der Waals surface area contributed by atoms with E-state index in [2.05, 4.69) is 5.32 Å². The average molecular weight is 233 g/mol. The van der Waals surface area contributed by atoms with Crippen LogP contribution in [0.3, 0.4) is 0 Å². The van der Waals surface area contributed by atoms with Gasteiger partial charge in [0.2, 0.25) is 5.91 Å². The van der Waals surface area contributed by atoms with E-state index in [4.69, 9.17) is 4.55 Å². The minimum absolute atomic E-state index is 0. The third-order valence-electron chi connectivity index (χ3n) is 1.34. The van der Waals surface area contributed by atoms with E-state index < -0.39 is 21.4 Å². The van der Waals surface area contributed by atoms with Crippen molar-refractivity contribution in [2.24, 2.45) is 0 Å². The molecule has 0 aliphatic carbocycles. The fraction of sp³-hybridized carbons (Fsp3) is 0.857. The second-order valence-electron chi connectivity index (χ2n) is 3.51. The van der Waals surface area contributed by atoms with Crippen molar-refractivity contribution < 1.29 is 17.8 Å². The summed E-state index contributed by atoms with van der Waals surface area (Å²) in [6, 6.07) is 0. The van der Waals surface area contributed by atoms with Gasteiger partial charge in [0.15, 0.2) is 0 Å². The van der Waals surface area contributed by atoms with Crippen LogP contribution in [0, 0.1) is 0 Å². The minimum atomic E-state index is -4.05. The maximum atomic E-state index is 10.9. The van der Waals surface area contributed by atoms with Crippen molar-refractivity contribution in [1.82, 2.24) is 5.32 Å². The van der Waals surface area contributed by atoms with Crippen molar-refractivity contribution in [2.75, 3.05) is 5.75 Å². The van der Waals surface area contributed by atoms with Crippen LogP contribution in [0.25, 0.3) is 0 Å². The number of hydrogen-bond acceptors (Lipinski definition) is 3. The number of nitrogens with one attached hydrogen (secondary N) is 1. The molecule has 5 nitrogen and oxygen atoms in total. The molecular formula is C7H16NNaO4S. The quantitative estimate of drug-likeness (QED) is 0.508. The first-order valence-corrected chi connectivity index (χ1v) is 5.53. The van der Waals surface area contributed by atoms with Crippen molar-refractivity contribution in [3.8, 4) is 0 Å². The van der Waals surface area contributed by atoms with Crippen molar-refractivity contribution in [1.29, 1.82) is 0 Å². The molecule has 0 atom stereocenters. The van der Waals surface area contributed by atoms with Crippen LogP contribution in [0.5, 0.6) is 0 Å². The Balaban J connectivity index is 0. The molecule has 0 heterocycles. The van der Waals surface area contributed by atoms with Crippen LogP contribution in [-0.2, 0) is 14.9 Å².